The minimum Gasteiger partial charge on any atom is -0.365 e. The van der Waals surface area contributed by atoms with Crippen molar-refractivity contribution in [2.24, 2.45) is 5.73 Å². The molecule has 154 valence electrons. The van der Waals surface area contributed by atoms with Crippen LogP contribution >= 0.6 is 11.6 Å². The number of nitrogens with zero attached hydrogens (tertiary/aromatic N) is 1. The van der Waals surface area contributed by atoms with Crippen LogP contribution in [-0.4, -0.2) is 28.2 Å². The number of primary amides is 1. The molecule has 3 aromatic rings. The fraction of sp³-hybridized carbons (Fsp3) is 0.182. The zero-order valence-electron chi connectivity index (χ0n) is 16.1. The Morgan fingerprint density at radius 3 is 2.70 bits per heavy atom. The zero-order valence-corrected chi connectivity index (χ0v) is 16.9. The number of halogens is 3. The highest BCUT2D eigenvalue weighted by molar-refractivity contribution is 6.38. The summed E-state index contributed by atoms with van der Waals surface area (Å²) in [5.74, 6) is -3.79. The van der Waals surface area contributed by atoms with Crippen molar-refractivity contribution in [3.63, 3.8) is 0 Å². The second-order valence-electron chi connectivity index (χ2n) is 7.21. The van der Waals surface area contributed by atoms with E-state index in [9.17, 15) is 14.0 Å². The quantitative estimate of drug-likeness (QED) is 0.610. The lowest BCUT2D eigenvalue weighted by atomic mass is 9.88. The number of fused-ring (bicyclic) bond motifs is 2. The van der Waals surface area contributed by atoms with Crippen molar-refractivity contribution in [2.75, 3.05) is 6.54 Å². The highest BCUT2D eigenvalue weighted by atomic mass is 35.5. The number of hydrogen-bond donors (Lipinski definition) is 2. The fourth-order valence-electron chi connectivity index (χ4n) is 4.11. The SMILES string of the molecule is C=CC(=O)N1CCc2c(cccc2-c2c(F)c(F)c(C(N)=O)c3[nH]c(C)c(Cl)c23)C1. The maximum absolute atomic E-state index is 15.3. The molecule has 30 heavy (non-hydrogen) atoms. The maximum Gasteiger partial charge on any atom is 0.253 e. The molecule has 0 saturated carbocycles. The Labute approximate surface area is 176 Å². The highest BCUT2D eigenvalue weighted by Gasteiger charge is 2.30. The molecular weight excluding hydrogens is 412 g/mol. The van der Waals surface area contributed by atoms with E-state index in [0.29, 0.717) is 30.8 Å². The van der Waals surface area contributed by atoms with Gasteiger partial charge < -0.3 is 15.6 Å². The van der Waals surface area contributed by atoms with E-state index in [1.54, 1.807) is 24.0 Å². The first kappa shape index (κ1) is 20.1. The number of nitrogens with one attached hydrogen (secondary N) is 1. The van der Waals surface area contributed by atoms with E-state index in [1.165, 1.54) is 6.08 Å². The summed E-state index contributed by atoms with van der Waals surface area (Å²) in [5.41, 5.74) is 7.35. The van der Waals surface area contributed by atoms with Gasteiger partial charge in [0.05, 0.1) is 10.5 Å². The highest BCUT2D eigenvalue weighted by Crippen LogP contribution is 2.43. The van der Waals surface area contributed by atoms with E-state index in [4.69, 9.17) is 17.3 Å². The van der Waals surface area contributed by atoms with Crippen LogP contribution in [0, 0.1) is 18.6 Å². The first-order valence-corrected chi connectivity index (χ1v) is 9.65. The molecule has 1 aliphatic rings. The van der Waals surface area contributed by atoms with E-state index in [0.717, 1.165) is 11.1 Å². The van der Waals surface area contributed by atoms with Gasteiger partial charge >= 0.3 is 0 Å². The third kappa shape index (κ3) is 2.89. The standard InChI is InChI=1S/C22H18ClF2N3O2/c1-3-14(29)28-8-7-12-11(9-28)5-4-6-13(12)15-16-18(23)10(2)27-21(16)17(22(26)30)20(25)19(15)24/h3-6,27H,1,7-9H2,2H3,(H2,26,30). The molecule has 4 rings (SSSR count). The Morgan fingerprint density at radius 1 is 1.30 bits per heavy atom. The molecule has 0 saturated heterocycles. The van der Waals surface area contributed by atoms with E-state index in [1.807, 2.05) is 6.07 Å². The summed E-state index contributed by atoms with van der Waals surface area (Å²) in [5, 5.41) is 0.401. The summed E-state index contributed by atoms with van der Waals surface area (Å²) in [4.78, 5) is 28.3. The van der Waals surface area contributed by atoms with Crippen LogP contribution in [0.3, 0.4) is 0 Å². The lowest BCUT2D eigenvalue weighted by Crippen LogP contribution is -2.35. The van der Waals surface area contributed by atoms with Gasteiger partial charge in [-0.3, -0.25) is 9.59 Å². The molecular formula is C22H18ClF2N3O2. The molecule has 3 N–H and O–H groups in total. The molecule has 0 unspecified atom stereocenters. The Bertz CT molecular complexity index is 1250. The van der Waals surface area contributed by atoms with Gasteiger partial charge in [0.25, 0.3) is 5.91 Å². The zero-order chi connectivity index (χ0) is 21.7. The number of rotatable bonds is 3. The summed E-state index contributed by atoms with van der Waals surface area (Å²) in [6.07, 6.45) is 1.70. The van der Waals surface area contributed by atoms with E-state index in [2.05, 4.69) is 11.6 Å². The molecule has 0 fully saturated rings. The number of nitrogens with two attached hydrogens (primary N) is 1. The van der Waals surface area contributed by atoms with Gasteiger partial charge in [-0.1, -0.05) is 36.4 Å². The molecule has 2 amide bonds. The molecule has 1 aliphatic heterocycles. The molecule has 0 spiro atoms. The third-order valence-corrected chi connectivity index (χ3v) is 5.98. The average Bonchev–Trinajstić information content (AvgIpc) is 3.01. The van der Waals surface area contributed by atoms with Gasteiger partial charge in [-0.05, 0) is 36.1 Å². The summed E-state index contributed by atoms with van der Waals surface area (Å²) in [7, 11) is 0. The molecule has 0 atom stereocenters. The van der Waals surface area contributed by atoms with Crippen LogP contribution in [0.1, 0.15) is 27.2 Å². The first-order chi connectivity index (χ1) is 14.3. The van der Waals surface area contributed by atoms with Gasteiger partial charge in [-0.15, -0.1) is 0 Å². The maximum atomic E-state index is 15.3. The van der Waals surface area contributed by atoms with Gasteiger partial charge in [0.1, 0.15) is 5.56 Å². The van der Waals surface area contributed by atoms with E-state index < -0.39 is 23.1 Å². The van der Waals surface area contributed by atoms with Crippen LogP contribution < -0.4 is 5.73 Å². The third-order valence-electron chi connectivity index (χ3n) is 5.51. The monoisotopic (exact) mass is 429 g/mol. The lowest BCUT2D eigenvalue weighted by Gasteiger charge is -2.29. The van der Waals surface area contributed by atoms with Crippen LogP contribution in [0.2, 0.25) is 5.02 Å². The number of H-pyrrole nitrogens is 1. The van der Waals surface area contributed by atoms with Crippen molar-refractivity contribution in [3.05, 3.63) is 69.9 Å². The lowest BCUT2D eigenvalue weighted by molar-refractivity contribution is -0.126. The number of benzene rings is 2. The van der Waals surface area contributed by atoms with Gasteiger partial charge in [0.2, 0.25) is 5.91 Å². The molecule has 2 aromatic carbocycles. The van der Waals surface area contributed by atoms with E-state index >= 15 is 4.39 Å². The minimum atomic E-state index is -1.32. The molecule has 8 heteroatoms. The van der Waals surface area contributed by atoms with Crippen molar-refractivity contribution in [2.45, 2.75) is 19.9 Å². The topological polar surface area (TPSA) is 79.2 Å². The molecule has 0 aliphatic carbocycles. The van der Waals surface area contributed by atoms with Crippen molar-refractivity contribution in [1.29, 1.82) is 0 Å². The van der Waals surface area contributed by atoms with Crippen molar-refractivity contribution >= 4 is 34.3 Å². The second-order valence-corrected chi connectivity index (χ2v) is 7.59. The van der Waals surface area contributed by atoms with Gasteiger partial charge in [0, 0.05) is 29.7 Å². The van der Waals surface area contributed by atoms with Gasteiger partial charge in [-0.2, -0.15) is 0 Å². The minimum absolute atomic E-state index is 0.0257. The largest absolute Gasteiger partial charge is 0.365 e. The number of amides is 2. The summed E-state index contributed by atoms with van der Waals surface area (Å²) >= 11 is 6.43. The van der Waals surface area contributed by atoms with Crippen LogP contribution in [0.25, 0.3) is 22.0 Å². The molecule has 0 bridgehead atoms. The normalized spacial score (nSPS) is 13.4. The fourth-order valence-corrected chi connectivity index (χ4v) is 4.34. The number of aryl methyl sites for hydroxylation is 1. The number of aromatic nitrogens is 1. The Morgan fingerprint density at radius 2 is 2.03 bits per heavy atom. The van der Waals surface area contributed by atoms with Crippen LogP contribution in [-0.2, 0) is 17.8 Å². The molecule has 1 aromatic heterocycles. The van der Waals surface area contributed by atoms with E-state index in [-0.39, 0.29) is 27.4 Å². The number of carbonyl (C=O) groups excluding carboxylic acids is 2. The average molecular weight is 430 g/mol. The number of hydrogen-bond acceptors (Lipinski definition) is 2. The Hall–Kier alpha value is -3.19. The predicted octanol–water partition coefficient (Wildman–Crippen LogP) is 4.24. The van der Waals surface area contributed by atoms with Gasteiger partial charge in [0.15, 0.2) is 11.6 Å². The molecule has 5 nitrogen and oxygen atoms in total. The molecule has 2 heterocycles. The van der Waals surface area contributed by atoms with Gasteiger partial charge in [-0.25, -0.2) is 8.78 Å². The second kappa shape index (κ2) is 7.25. The summed E-state index contributed by atoms with van der Waals surface area (Å²) in [6.45, 7) is 5.91. The number of carbonyl (C=O) groups is 2. The smallest absolute Gasteiger partial charge is 0.253 e. The first-order valence-electron chi connectivity index (χ1n) is 9.27. The Kier molecular flexibility index (Phi) is 4.86. The summed E-state index contributed by atoms with van der Waals surface area (Å²) in [6, 6.07) is 5.24. The molecule has 0 radical (unpaired) electrons. The summed E-state index contributed by atoms with van der Waals surface area (Å²) < 4.78 is 30.2. The van der Waals surface area contributed by atoms with Crippen molar-refractivity contribution in [1.82, 2.24) is 9.88 Å². The van der Waals surface area contributed by atoms with Crippen LogP contribution in [0.4, 0.5) is 8.78 Å². The predicted molar refractivity (Wildman–Crippen MR) is 111 cm³/mol. The van der Waals surface area contributed by atoms with Crippen LogP contribution in [0.15, 0.2) is 30.9 Å². The van der Waals surface area contributed by atoms with Crippen molar-refractivity contribution in [3.8, 4) is 11.1 Å². The number of aromatic amines is 1. The Balaban J connectivity index is 2.02. The van der Waals surface area contributed by atoms with Crippen molar-refractivity contribution < 1.29 is 18.4 Å². The van der Waals surface area contributed by atoms with Crippen LogP contribution in [0.5, 0.6) is 0 Å².